The van der Waals surface area contributed by atoms with E-state index >= 15 is 0 Å². The lowest BCUT2D eigenvalue weighted by Gasteiger charge is -2.23. The second kappa shape index (κ2) is 8.81. The van der Waals surface area contributed by atoms with Crippen molar-refractivity contribution in [2.24, 2.45) is 5.92 Å². The first kappa shape index (κ1) is 17.7. The predicted molar refractivity (Wildman–Crippen MR) is 91.4 cm³/mol. The van der Waals surface area contributed by atoms with Crippen molar-refractivity contribution in [3.05, 3.63) is 21.4 Å². The van der Waals surface area contributed by atoms with Crippen LogP contribution in [-0.2, 0) is 13.1 Å². The maximum Gasteiger partial charge on any atom is 0.0302 e. The van der Waals surface area contributed by atoms with E-state index in [4.69, 9.17) is 0 Å². The van der Waals surface area contributed by atoms with Crippen molar-refractivity contribution in [3.63, 3.8) is 0 Å². The van der Waals surface area contributed by atoms with Crippen LogP contribution in [-0.4, -0.2) is 24.0 Å². The first-order valence-electron chi connectivity index (χ1n) is 8.00. The Hall–Kier alpha value is -0.380. The van der Waals surface area contributed by atoms with E-state index in [9.17, 15) is 0 Å². The normalized spacial score (nSPS) is 13.4. The number of nitrogens with zero attached hydrogens (tertiary/aromatic N) is 1. The molecule has 0 bridgehead atoms. The van der Waals surface area contributed by atoms with Gasteiger partial charge in [-0.25, -0.2) is 0 Å². The van der Waals surface area contributed by atoms with Crippen molar-refractivity contribution in [1.29, 1.82) is 0 Å². The quantitative estimate of drug-likeness (QED) is 0.725. The van der Waals surface area contributed by atoms with Crippen LogP contribution >= 0.6 is 11.3 Å². The number of nitrogens with one attached hydrogen (secondary N) is 1. The third-order valence-electron chi connectivity index (χ3n) is 3.86. The molecule has 0 aliphatic heterocycles. The van der Waals surface area contributed by atoms with Crippen LogP contribution in [0.4, 0.5) is 0 Å². The van der Waals surface area contributed by atoms with Crippen molar-refractivity contribution in [3.8, 4) is 0 Å². The van der Waals surface area contributed by atoms with Gasteiger partial charge >= 0.3 is 0 Å². The minimum absolute atomic E-state index is 0.554. The summed E-state index contributed by atoms with van der Waals surface area (Å²) in [6.07, 6.45) is 1.27. The summed E-state index contributed by atoms with van der Waals surface area (Å²) in [4.78, 5) is 5.52. The summed E-state index contributed by atoms with van der Waals surface area (Å²) in [5.74, 6) is 0.788. The Morgan fingerprint density at radius 1 is 1.25 bits per heavy atom. The lowest BCUT2D eigenvalue weighted by Crippen LogP contribution is -2.27. The van der Waals surface area contributed by atoms with E-state index in [1.807, 2.05) is 11.3 Å². The van der Waals surface area contributed by atoms with E-state index < -0.39 is 0 Å². The second-order valence-electron chi connectivity index (χ2n) is 6.17. The molecule has 0 spiro atoms. The van der Waals surface area contributed by atoms with Gasteiger partial charge in [-0.05, 0) is 31.0 Å². The lowest BCUT2D eigenvalue weighted by atomic mass is 10.1. The van der Waals surface area contributed by atoms with Gasteiger partial charge < -0.3 is 5.32 Å². The van der Waals surface area contributed by atoms with E-state index in [1.165, 1.54) is 28.3 Å². The molecule has 0 aliphatic carbocycles. The molecule has 1 atom stereocenters. The van der Waals surface area contributed by atoms with Crippen LogP contribution in [0.2, 0.25) is 0 Å². The Morgan fingerprint density at radius 3 is 2.50 bits per heavy atom. The van der Waals surface area contributed by atoms with Gasteiger partial charge in [0.1, 0.15) is 0 Å². The van der Waals surface area contributed by atoms with Crippen LogP contribution in [0.25, 0.3) is 0 Å². The zero-order chi connectivity index (χ0) is 15.1. The first-order valence-corrected chi connectivity index (χ1v) is 8.81. The van der Waals surface area contributed by atoms with Crippen LogP contribution in [0, 0.1) is 12.8 Å². The Balaban J connectivity index is 2.61. The first-order chi connectivity index (χ1) is 9.46. The molecule has 0 radical (unpaired) electrons. The average Bonchev–Trinajstić information content (AvgIpc) is 2.76. The van der Waals surface area contributed by atoms with E-state index in [0.29, 0.717) is 6.04 Å². The smallest absolute Gasteiger partial charge is 0.0302 e. The Morgan fingerprint density at radius 2 is 1.95 bits per heavy atom. The van der Waals surface area contributed by atoms with Crippen LogP contribution in [0.5, 0.6) is 0 Å². The fourth-order valence-corrected chi connectivity index (χ4v) is 3.26. The molecule has 0 aromatic carbocycles. The largest absolute Gasteiger partial charge is 0.310 e. The maximum absolute atomic E-state index is 3.51. The van der Waals surface area contributed by atoms with Crippen molar-refractivity contribution >= 4 is 11.3 Å². The van der Waals surface area contributed by atoms with Gasteiger partial charge in [0.2, 0.25) is 0 Å². The maximum atomic E-state index is 3.51. The molecule has 0 amide bonds. The SMILES string of the molecule is CCC(C)CN(CC)Cc1cc(CNC(C)C)sc1C. The molecule has 0 fully saturated rings. The van der Waals surface area contributed by atoms with Gasteiger partial charge in [0.25, 0.3) is 0 Å². The van der Waals surface area contributed by atoms with Gasteiger partial charge in [-0.1, -0.05) is 41.0 Å². The summed E-state index contributed by atoms with van der Waals surface area (Å²) in [6.45, 7) is 18.0. The standard InChI is InChI=1S/C17H32N2S/c1-7-14(5)11-19(8-2)12-16-9-17(20-15(16)6)10-18-13(3)4/h9,13-14,18H,7-8,10-12H2,1-6H3. The molecule has 1 heterocycles. The predicted octanol–water partition coefficient (Wildman–Crippen LogP) is 4.42. The molecule has 1 rings (SSSR count). The Bertz CT molecular complexity index is 384. The van der Waals surface area contributed by atoms with Gasteiger partial charge in [0.15, 0.2) is 0 Å². The molecule has 0 aliphatic rings. The molecule has 1 N–H and O–H groups in total. The topological polar surface area (TPSA) is 15.3 Å². The fourth-order valence-electron chi connectivity index (χ4n) is 2.25. The highest BCUT2D eigenvalue weighted by atomic mass is 32.1. The lowest BCUT2D eigenvalue weighted by molar-refractivity contribution is 0.238. The molecular formula is C17H32N2S. The number of hydrogen-bond donors (Lipinski definition) is 1. The molecule has 1 aromatic heterocycles. The molecule has 0 saturated carbocycles. The molecule has 2 nitrogen and oxygen atoms in total. The summed E-state index contributed by atoms with van der Waals surface area (Å²) in [7, 11) is 0. The average molecular weight is 297 g/mol. The summed E-state index contributed by atoms with van der Waals surface area (Å²) in [5, 5.41) is 3.51. The number of hydrogen-bond acceptors (Lipinski definition) is 3. The van der Waals surface area contributed by atoms with Crippen LogP contribution in [0.15, 0.2) is 6.07 Å². The van der Waals surface area contributed by atoms with E-state index in [0.717, 1.165) is 25.6 Å². The van der Waals surface area contributed by atoms with Crippen LogP contribution in [0.3, 0.4) is 0 Å². The summed E-state index contributed by atoms with van der Waals surface area (Å²) >= 11 is 1.94. The molecule has 1 aromatic rings. The zero-order valence-electron chi connectivity index (χ0n) is 14.1. The van der Waals surface area contributed by atoms with Crippen molar-refractivity contribution in [2.45, 2.75) is 67.1 Å². The molecule has 3 heteroatoms. The monoisotopic (exact) mass is 296 g/mol. The van der Waals surface area contributed by atoms with E-state index in [-0.39, 0.29) is 0 Å². The molecule has 1 unspecified atom stereocenters. The highest BCUT2D eigenvalue weighted by Gasteiger charge is 2.12. The molecule has 116 valence electrons. The highest BCUT2D eigenvalue weighted by molar-refractivity contribution is 7.12. The third kappa shape index (κ3) is 5.94. The summed E-state index contributed by atoms with van der Waals surface area (Å²) in [5.41, 5.74) is 1.51. The van der Waals surface area contributed by atoms with E-state index in [1.54, 1.807) is 0 Å². The Labute approximate surface area is 129 Å². The zero-order valence-corrected chi connectivity index (χ0v) is 14.9. The summed E-state index contributed by atoms with van der Waals surface area (Å²) < 4.78 is 0. The molecular weight excluding hydrogens is 264 g/mol. The number of rotatable bonds is 9. The van der Waals surface area contributed by atoms with Crippen molar-refractivity contribution in [1.82, 2.24) is 10.2 Å². The second-order valence-corrected chi connectivity index (χ2v) is 7.51. The van der Waals surface area contributed by atoms with E-state index in [2.05, 4.69) is 57.8 Å². The Kier molecular flexibility index (Phi) is 7.78. The van der Waals surface area contributed by atoms with Crippen molar-refractivity contribution in [2.75, 3.05) is 13.1 Å². The van der Waals surface area contributed by atoms with Gasteiger partial charge in [0.05, 0.1) is 0 Å². The van der Waals surface area contributed by atoms with Crippen LogP contribution < -0.4 is 5.32 Å². The van der Waals surface area contributed by atoms with Crippen molar-refractivity contribution < 1.29 is 0 Å². The van der Waals surface area contributed by atoms with Crippen LogP contribution in [0.1, 0.15) is 56.4 Å². The highest BCUT2D eigenvalue weighted by Crippen LogP contribution is 2.23. The number of aryl methyl sites for hydroxylation is 1. The fraction of sp³-hybridized carbons (Fsp3) is 0.765. The third-order valence-corrected chi connectivity index (χ3v) is 4.96. The van der Waals surface area contributed by atoms with Gasteiger partial charge in [-0.15, -0.1) is 11.3 Å². The van der Waals surface area contributed by atoms with Gasteiger partial charge in [-0.2, -0.15) is 0 Å². The molecule has 0 saturated heterocycles. The minimum Gasteiger partial charge on any atom is -0.310 e. The molecule has 20 heavy (non-hydrogen) atoms. The number of thiophene rings is 1. The minimum atomic E-state index is 0.554. The van der Waals surface area contributed by atoms with Gasteiger partial charge in [0, 0.05) is 35.4 Å². The van der Waals surface area contributed by atoms with Gasteiger partial charge in [-0.3, -0.25) is 4.90 Å². The summed E-state index contributed by atoms with van der Waals surface area (Å²) in [6, 6.07) is 2.95.